The highest BCUT2D eigenvalue weighted by atomic mass is 32.2. The number of rotatable bonds is 8. The van der Waals surface area contributed by atoms with E-state index in [-0.39, 0.29) is 18.1 Å². The van der Waals surface area contributed by atoms with Crippen LogP contribution in [0, 0.1) is 0 Å². The maximum Gasteiger partial charge on any atom is 0.266 e. The molecule has 0 aromatic rings. The molecule has 2 aliphatic rings. The molecule has 2 aliphatic heterocycles. The first-order valence-corrected chi connectivity index (χ1v) is 12.1. The van der Waals surface area contributed by atoms with Crippen LogP contribution in [0.2, 0.25) is 0 Å². The summed E-state index contributed by atoms with van der Waals surface area (Å²) >= 11 is 0. The molecule has 2 fully saturated rings. The zero-order valence-corrected chi connectivity index (χ0v) is 17.1. The van der Waals surface area contributed by atoms with Crippen LogP contribution in [-0.2, 0) is 25.0 Å². The van der Waals surface area contributed by atoms with Crippen LogP contribution in [-0.4, -0.2) is 136 Å². The van der Waals surface area contributed by atoms with Crippen molar-refractivity contribution in [1.82, 2.24) is 14.7 Å². The zero-order chi connectivity index (χ0) is 20.3. The van der Waals surface area contributed by atoms with Crippen molar-refractivity contribution >= 4 is 20.2 Å². The lowest BCUT2D eigenvalue weighted by atomic mass is 10.3. The fraction of sp³-hybridized carbons (Fsp3) is 1.00. The number of aliphatic hydroxyl groups is 1. The van der Waals surface area contributed by atoms with Gasteiger partial charge in [-0.3, -0.25) is 23.8 Å². The second-order valence-electron chi connectivity index (χ2n) is 6.43. The molecule has 27 heavy (non-hydrogen) atoms. The van der Waals surface area contributed by atoms with E-state index in [1.165, 1.54) is 0 Å². The van der Waals surface area contributed by atoms with Gasteiger partial charge in [-0.25, -0.2) is 0 Å². The Morgan fingerprint density at radius 1 is 0.667 bits per heavy atom. The van der Waals surface area contributed by atoms with E-state index in [4.69, 9.17) is 18.9 Å². The third-order valence-electron chi connectivity index (χ3n) is 4.32. The third-order valence-corrected chi connectivity index (χ3v) is 5.71. The van der Waals surface area contributed by atoms with Crippen molar-refractivity contribution in [2.45, 2.75) is 0 Å². The Balaban J connectivity index is 0.000000277. The lowest BCUT2D eigenvalue weighted by molar-refractivity contribution is 0.0406. The van der Waals surface area contributed by atoms with Crippen molar-refractivity contribution in [1.29, 1.82) is 0 Å². The minimum atomic E-state index is -3.84. The van der Waals surface area contributed by atoms with Gasteiger partial charge in [0.1, 0.15) is 0 Å². The molecule has 2 rings (SSSR count). The normalized spacial score (nSPS) is 20.9. The van der Waals surface area contributed by atoms with E-state index in [2.05, 4.69) is 4.90 Å². The first kappa shape index (κ1) is 24.7. The summed E-state index contributed by atoms with van der Waals surface area (Å²) in [5.74, 6) is -0.389. The molecule has 0 saturated carbocycles. The number of hydrogen-bond acceptors (Lipinski definition) is 9. The smallest absolute Gasteiger partial charge is 0.266 e. The molecule has 162 valence electrons. The number of aliphatic hydroxyl groups excluding tert-OH is 1. The zero-order valence-electron chi connectivity index (χ0n) is 15.4. The highest BCUT2D eigenvalue weighted by Gasteiger charge is 2.17. The average Bonchev–Trinajstić information content (AvgIpc) is 2.60. The van der Waals surface area contributed by atoms with Gasteiger partial charge >= 0.3 is 0 Å². The Kier molecular flexibility index (Phi) is 11.2. The van der Waals surface area contributed by atoms with E-state index >= 15 is 0 Å². The first-order chi connectivity index (χ1) is 12.6. The average molecular weight is 434 g/mol. The molecule has 0 aromatic carbocycles. The van der Waals surface area contributed by atoms with Gasteiger partial charge < -0.3 is 9.84 Å². The van der Waals surface area contributed by atoms with Gasteiger partial charge in [0.2, 0.25) is 0 Å². The maximum atomic E-state index is 10.5. The molecule has 0 aromatic heterocycles. The summed E-state index contributed by atoms with van der Waals surface area (Å²) < 4.78 is 63.9. The highest BCUT2D eigenvalue weighted by Crippen LogP contribution is 2.01. The van der Waals surface area contributed by atoms with Gasteiger partial charge in [-0.05, 0) is 0 Å². The lowest BCUT2D eigenvalue weighted by Crippen LogP contribution is -2.48. The van der Waals surface area contributed by atoms with Crippen molar-refractivity contribution in [3.8, 4) is 0 Å². The third kappa shape index (κ3) is 13.4. The summed E-state index contributed by atoms with van der Waals surface area (Å²) in [6, 6.07) is 0. The summed E-state index contributed by atoms with van der Waals surface area (Å²) in [7, 11) is -7.65. The Bertz CT molecular complexity index is 600. The Hall–Kier alpha value is -0.380. The summed E-state index contributed by atoms with van der Waals surface area (Å²) in [5.41, 5.74) is 0. The van der Waals surface area contributed by atoms with Gasteiger partial charge in [0.25, 0.3) is 20.2 Å². The van der Waals surface area contributed by atoms with Crippen LogP contribution in [0.5, 0.6) is 0 Å². The topological polar surface area (TPSA) is 148 Å². The highest BCUT2D eigenvalue weighted by molar-refractivity contribution is 7.86. The fourth-order valence-corrected chi connectivity index (χ4v) is 3.67. The van der Waals surface area contributed by atoms with Gasteiger partial charge in [0, 0.05) is 58.9 Å². The van der Waals surface area contributed by atoms with Crippen molar-refractivity contribution < 1.29 is 35.8 Å². The van der Waals surface area contributed by atoms with Crippen molar-refractivity contribution in [2.24, 2.45) is 0 Å². The monoisotopic (exact) mass is 433 g/mol. The van der Waals surface area contributed by atoms with Gasteiger partial charge in [0.15, 0.2) is 0 Å². The number of β-amino-alcohol motifs (C(OH)–C–C–N with tert-alkyl or cyclic N) is 1. The van der Waals surface area contributed by atoms with Crippen molar-refractivity contribution in [2.75, 3.05) is 90.2 Å². The Morgan fingerprint density at radius 2 is 1.04 bits per heavy atom. The number of morpholine rings is 1. The Labute approximate surface area is 161 Å². The number of nitrogens with zero attached hydrogens (tertiary/aromatic N) is 3. The minimum absolute atomic E-state index is 0.158. The molecule has 13 heteroatoms. The second-order valence-corrected chi connectivity index (χ2v) is 9.58. The molecule has 11 nitrogen and oxygen atoms in total. The van der Waals surface area contributed by atoms with Crippen LogP contribution in [0.15, 0.2) is 0 Å². The molecule has 0 radical (unpaired) electrons. The molecule has 0 atom stereocenters. The Morgan fingerprint density at radius 3 is 1.41 bits per heavy atom. The van der Waals surface area contributed by atoms with Crippen molar-refractivity contribution in [3.05, 3.63) is 0 Å². The number of hydrogen-bond donors (Lipinski definition) is 3. The molecule has 0 spiro atoms. The van der Waals surface area contributed by atoms with Crippen LogP contribution < -0.4 is 0 Å². The van der Waals surface area contributed by atoms with E-state index in [1.54, 1.807) is 0 Å². The summed E-state index contributed by atoms with van der Waals surface area (Å²) in [6.45, 7) is 7.64. The van der Waals surface area contributed by atoms with Crippen LogP contribution in [0.25, 0.3) is 0 Å². The van der Waals surface area contributed by atoms with Gasteiger partial charge in [-0.1, -0.05) is 0 Å². The van der Waals surface area contributed by atoms with Gasteiger partial charge in [-0.2, -0.15) is 16.8 Å². The van der Waals surface area contributed by atoms with E-state index in [0.717, 1.165) is 39.3 Å². The molecule has 2 saturated heterocycles. The van der Waals surface area contributed by atoms with Crippen LogP contribution >= 0.6 is 0 Å². The van der Waals surface area contributed by atoms with Crippen LogP contribution in [0.3, 0.4) is 0 Å². The summed E-state index contributed by atoms with van der Waals surface area (Å²) in [4.78, 5) is 6.09. The van der Waals surface area contributed by atoms with E-state index in [0.29, 0.717) is 32.8 Å². The van der Waals surface area contributed by atoms with E-state index < -0.39 is 20.2 Å². The van der Waals surface area contributed by atoms with Gasteiger partial charge in [0.05, 0.1) is 31.3 Å². The van der Waals surface area contributed by atoms with Crippen molar-refractivity contribution in [3.63, 3.8) is 0 Å². The maximum absolute atomic E-state index is 10.5. The molecular weight excluding hydrogens is 402 g/mol. The number of ether oxygens (including phenoxy) is 1. The van der Waals surface area contributed by atoms with Gasteiger partial charge in [-0.15, -0.1) is 0 Å². The second kappa shape index (κ2) is 12.2. The van der Waals surface area contributed by atoms with E-state index in [9.17, 15) is 16.8 Å². The first-order valence-electron chi connectivity index (χ1n) is 8.85. The SMILES string of the molecule is O=S(=O)(O)CCN1CCN(CCO)CC1.O=S(=O)(O)CCN1CCOCC1. The van der Waals surface area contributed by atoms with E-state index in [1.807, 2.05) is 9.80 Å². The predicted molar refractivity (Wildman–Crippen MR) is 100 cm³/mol. The quantitative estimate of drug-likeness (QED) is 0.355. The summed E-state index contributed by atoms with van der Waals surface area (Å²) in [6.07, 6.45) is 0. The number of piperazine rings is 1. The standard InChI is InChI=1S/C8H18N2O4S.C6H13NO4S/c11-7-5-9-1-3-10(4-2-9)6-8-15(12,13)14;8-12(9,10)6-3-7-1-4-11-5-2-7/h11H,1-8H2,(H,12,13,14);1-6H2,(H,8,9,10). The molecule has 0 amide bonds. The largest absolute Gasteiger partial charge is 0.395 e. The molecule has 0 bridgehead atoms. The molecule has 2 heterocycles. The molecule has 0 unspecified atom stereocenters. The van der Waals surface area contributed by atoms with Crippen LogP contribution in [0.4, 0.5) is 0 Å². The molecule has 0 aliphatic carbocycles. The molecule has 3 N–H and O–H groups in total. The lowest BCUT2D eigenvalue weighted by Gasteiger charge is -2.33. The predicted octanol–water partition coefficient (Wildman–Crippen LogP) is -2.31. The molecular formula is C14H31N3O8S2. The van der Waals surface area contributed by atoms with Crippen LogP contribution in [0.1, 0.15) is 0 Å². The summed E-state index contributed by atoms with van der Waals surface area (Å²) in [5, 5.41) is 8.73. The minimum Gasteiger partial charge on any atom is -0.395 e. The fourth-order valence-electron chi connectivity index (χ4n) is 2.69.